The van der Waals surface area contributed by atoms with Gasteiger partial charge in [-0.3, -0.25) is 9.69 Å². The average Bonchev–Trinajstić information content (AvgIpc) is 3.14. The number of carbonyl (C=O) groups is 2. The van der Waals surface area contributed by atoms with Gasteiger partial charge in [0.2, 0.25) is 0 Å². The number of imide groups is 1. The minimum atomic E-state index is -0.289. The molecule has 27 heavy (non-hydrogen) atoms. The summed E-state index contributed by atoms with van der Waals surface area (Å²) in [6.45, 7) is 4.35. The summed E-state index contributed by atoms with van der Waals surface area (Å²) in [5, 5.41) is 4.91. The number of nitrogens with zero attached hydrogens (tertiary/aromatic N) is 5. The van der Waals surface area contributed by atoms with E-state index < -0.39 is 0 Å². The van der Waals surface area contributed by atoms with E-state index in [9.17, 15) is 9.59 Å². The summed E-state index contributed by atoms with van der Waals surface area (Å²) >= 11 is 6.25. The van der Waals surface area contributed by atoms with E-state index in [1.807, 2.05) is 38.2 Å². The Labute approximate surface area is 161 Å². The van der Waals surface area contributed by atoms with Gasteiger partial charge in [-0.05, 0) is 48.7 Å². The molecular formula is C19H18ClN5O2. The number of rotatable bonds is 3. The Hall–Kier alpha value is -2.93. The number of fused-ring (bicyclic) bond motifs is 1. The quantitative estimate of drug-likeness (QED) is 0.652. The third-order valence-electron chi connectivity index (χ3n) is 4.92. The van der Waals surface area contributed by atoms with Gasteiger partial charge < -0.3 is 4.90 Å². The molecule has 8 heteroatoms. The van der Waals surface area contributed by atoms with Crippen molar-refractivity contribution in [2.24, 2.45) is 0 Å². The van der Waals surface area contributed by atoms with Gasteiger partial charge in [0.1, 0.15) is 12.9 Å². The van der Waals surface area contributed by atoms with Gasteiger partial charge in [0.25, 0.3) is 5.91 Å². The van der Waals surface area contributed by atoms with Gasteiger partial charge in [-0.1, -0.05) is 11.6 Å². The third kappa shape index (κ3) is 2.94. The van der Waals surface area contributed by atoms with Crippen molar-refractivity contribution in [1.29, 1.82) is 0 Å². The number of benzene rings is 1. The normalized spacial score (nSPS) is 14.7. The Morgan fingerprint density at radius 2 is 1.96 bits per heavy atom. The first-order chi connectivity index (χ1) is 12.8. The Kier molecular flexibility index (Phi) is 4.11. The summed E-state index contributed by atoms with van der Waals surface area (Å²) in [6.07, 6.45) is 3.30. The molecule has 0 radical (unpaired) electrons. The van der Waals surface area contributed by atoms with E-state index in [4.69, 9.17) is 11.6 Å². The number of hydrogen-bond acceptors (Lipinski definition) is 4. The maximum atomic E-state index is 12.1. The van der Waals surface area contributed by atoms with Gasteiger partial charge in [-0.15, -0.1) is 0 Å². The fourth-order valence-electron chi connectivity index (χ4n) is 3.35. The van der Waals surface area contributed by atoms with Crippen molar-refractivity contribution in [3.05, 3.63) is 52.4 Å². The predicted octanol–water partition coefficient (Wildman–Crippen LogP) is 3.06. The summed E-state index contributed by atoms with van der Waals surface area (Å²) in [5.74, 6) is -0.203. The highest BCUT2D eigenvalue weighted by molar-refractivity contribution is 6.31. The van der Waals surface area contributed by atoms with Gasteiger partial charge in [-0.25, -0.2) is 14.3 Å². The molecule has 1 aliphatic heterocycles. The van der Waals surface area contributed by atoms with Crippen molar-refractivity contribution in [3.8, 4) is 11.3 Å². The molecule has 1 aromatic carbocycles. The molecule has 3 amide bonds. The lowest BCUT2D eigenvalue weighted by atomic mass is 10.0. The average molecular weight is 384 g/mol. The van der Waals surface area contributed by atoms with E-state index in [2.05, 4.69) is 10.1 Å². The first-order valence-corrected chi connectivity index (χ1v) is 8.88. The number of amides is 3. The van der Waals surface area contributed by atoms with Crippen molar-refractivity contribution in [2.75, 3.05) is 13.6 Å². The van der Waals surface area contributed by atoms with E-state index in [1.54, 1.807) is 11.6 Å². The van der Waals surface area contributed by atoms with Crippen molar-refractivity contribution < 1.29 is 9.59 Å². The second-order valence-electron chi connectivity index (χ2n) is 6.80. The van der Waals surface area contributed by atoms with Crippen LogP contribution in [0.25, 0.3) is 16.8 Å². The molecule has 0 saturated carbocycles. The molecule has 4 rings (SSSR count). The van der Waals surface area contributed by atoms with Crippen LogP contribution in [0, 0.1) is 13.8 Å². The first kappa shape index (κ1) is 17.5. The topological polar surface area (TPSA) is 70.8 Å². The standard InChI is InChI=1S/C19H18ClN5O2/c1-11-4-14(20)6-15(12(11)2)18-16-5-13(8-25(16)22-10-21-18)7-24-17(26)9-23(3)19(24)27/h4-6,8,10H,7,9H2,1-3H3. The molecule has 0 bridgehead atoms. The van der Waals surface area contributed by atoms with Gasteiger partial charge in [0.15, 0.2) is 0 Å². The zero-order valence-corrected chi connectivity index (χ0v) is 16.0. The molecule has 7 nitrogen and oxygen atoms in total. The van der Waals surface area contributed by atoms with Crippen LogP contribution >= 0.6 is 11.6 Å². The zero-order chi connectivity index (χ0) is 19.3. The lowest BCUT2D eigenvalue weighted by Gasteiger charge is -2.12. The number of carbonyl (C=O) groups excluding carboxylic acids is 2. The molecular weight excluding hydrogens is 366 g/mol. The van der Waals surface area contributed by atoms with Gasteiger partial charge in [-0.2, -0.15) is 5.10 Å². The molecule has 0 spiro atoms. The number of urea groups is 1. The summed E-state index contributed by atoms with van der Waals surface area (Å²) in [5.41, 5.74) is 5.47. The number of hydrogen-bond donors (Lipinski definition) is 0. The minimum Gasteiger partial charge on any atom is -0.318 e. The maximum absolute atomic E-state index is 12.1. The highest BCUT2D eigenvalue weighted by atomic mass is 35.5. The Balaban J connectivity index is 1.78. The van der Waals surface area contributed by atoms with Crippen LogP contribution in [0.4, 0.5) is 4.79 Å². The highest BCUT2D eigenvalue weighted by Crippen LogP contribution is 2.31. The molecule has 0 aliphatic carbocycles. The Morgan fingerprint density at radius 1 is 1.19 bits per heavy atom. The van der Waals surface area contributed by atoms with Crippen LogP contribution in [-0.4, -0.2) is 49.9 Å². The summed E-state index contributed by atoms with van der Waals surface area (Å²) < 4.78 is 1.71. The minimum absolute atomic E-state index is 0.109. The lowest BCUT2D eigenvalue weighted by molar-refractivity contribution is -0.125. The van der Waals surface area contributed by atoms with E-state index in [1.165, 1.54) is 16.1 Å². The lowest BCUT2D eigenvalue weighted by Crippen LogP contribution is -2.30. The molecule has 138 valence electrons. The van der Waals surface area contributed by atoms with Crippen molar-refractivity contribution in [1.82, 2.24) is 24.4 Å². The van der Waals surface area contributed by atoms with Crippen molar-refractivity contribution in [3.63, 3.8) is 0 Å². The SMILES string of the molecule is Cc1cc(Cl)cc(-c2ncnn3cc(CN4C(=O)CN(C)C4=O)cc23)c1C. The number of aromatic nitrogens is 3. The molecule has 1 fully saturated rings. The van der Waals surface area contributed by atoms with Crippen molar-refractivity contribution >= 4 is 29.1 Å². The molecule has 3 aromatic rings. The fraction of sp³-hybridized carbons (Fsp3) is 0.263. The van der Waals surface area contributed by atoms with Gasteiger partial charge >= 0.3 is 6.03 Å². The van der Waals surface area contributed by atoms with E-state index >= 15 is 0 Å². The van der Waals surface area contributed by atoms with Gasteiger partial charge in [0.05, 0.1) is 17.8 Å². The van der Waals surface area contributed by atoms with Crippen LogP contribution in [0.3, 0.4) is 0 Å². The van der Waals surface area contributed by atoms with Crippen LogP contribution < -0.4 is 0 Å². The fourth-order valence-corrected chi connectivity index (χ4v) is 3.62. The van der Waals surface area contributed by atoms with Crippen LogP contribution in [0.15, 0.2) is 30.7 Å². The largest absolute Gasteiger partial charge is 0.327 e. The van der Waals surface area contributed by atoms with Crippen LogP contribution in [0.5, 0.6) is 0 Å². The summed E-state index contributed by atoms with van der Waals surface area (Å²) in [7, 11) is 1.62. The Bertz CT molecular complexity index is 1090. The number of halogens is 1. The zero-order valence-electron chi connectivity index (χ0n) is 15.2. The highest BCUT2D eigenvalue weighted by Gasteiger charge is 2.33. The van der Waals surface area contributed by atoms with Crippen molar-refractivity contribution in [2.45, 2.75) is 20.4 Å². The molecule has 2 aromatic heterocycles. The first-order valence-electron chi connectivity index (χ1n) is 8.50. The molecule has 1 saturated heterocycles. The smallest absolute Gasteiger partial charge is 0.318 e. The second-order valence-corrected chi connectivity index (χ2v) is 7.24. The molecule has 0 N–H and O–H groups in total. The molecule has 1 aliphatic rings. The number of likely N-dealkylation sites (N-methyl/N-ethyl adjacent to an activating group) is 1. The molecule has 0 unspecified atom stereocenters. The number of aryl methyl sites for hydroxylation is 1. The van der Waals surface area contributed by atoms with Gasteiger partial charge in [0, 0.05) is 23.8 Å². The van der Waals surface area contributed by atoms with E-state index in [0.717, 1.165) is 33.5 Å². The van der Waals surface area contributed by atoms with Crippen LogP contribution in [0.1, 0.15) is 16.7 Å². The summed E-state index contributed by atoms with van der Waals surface area (Å²) in [4.78, 5) is 31.3. The Morgan fingerprint density at radius 3 is 2.67 bits per heavy atom. The molecule has 3 heterocycles. The van der Waals surface area contributed by atoms with E-state index in [0.29, 0.717) is 5.02 Å². The maximum Gasteiger partial charge on any atom is 0.327 e. The molecule has 0 atom stereocenters. The van der Waals surface area contributed by atoms with Crippen LogP contribution in [0.2, 0.25) is 5.02 Å². The van der Waals surface area contributed by atoms with E-state index in [-0.39, 0.29) is 25.0 Å². The summed E-state index contributed by atoms with van der Waals surface area (Å²) in [6, 6.07) is 5.43. The predicted molar refractivity (Wildman–Crippen MR) is 101 cm³/mol. The third-order valence-corrected chi connectivity index (χ3v) is 5.14. The monoisotopic (exact) mass is 383 g/mol. The van der Waals surface area contributed by atoms with Crippen LogP contribution in [-0.2, 0) is 11.3 Å². The second kappa shape index (κ2) is 6.35.